The Kier molecular flexibility index (Phi) is 7.39. The molecule has 9 heteroatoms. The van der Waals surface area contributed by atoms with E-state index in [2.05, 4.69) is 47.9 Å². The average Bonchev–Trinajstić information content (AvgIpc) is 3.57. The summed E-state index contributed by atoms with van der Waals surface area (Å²) in [5.74, 6) is 3.12. The molecule has 4 heterocycles. The average molecular weight is 537 g/mol. The topological polar surface area (TPSA) is 87.8 Å². The van der Waals surface area contributed by atoms with Gasteiger partial charge in [0.15, 0.2) is 17.3 Å². The predicted molar refractivity (Wildman–Crippen MR) is 150 cm³/mol. The minimum Gasteiger partial charge on any atom is -0.473 e. The van der Waals surface area contributed by atoms with Crippen molar-refractivity contribution in [2.75, 3.05) is 45.7 Å². The van der Waals surface area contributed by atoms with E-state index in [-0.39, 0.29) is 6.10 Å². The minimum atomic E-state index is -0.510. The van der Waals surface area contributed by atoms with Gasteiger partial charge in [-0.1, -0.05) is 11.6 Å². The number of anilines is 1. The van der Waals surface area contributed by atoms with E-state index in [0.717, 1.165) is 94.6 Å². The van der Waals surface area contributed by atoms with Crippen LogP contribution in [0, 0.1) is 0 Å². The fourth-order valence-corrected chi connectivity index (χ4v) is 7.52. The van der Waals surface area contributed by atoms with E-state index in [9.17, 15) is 4.79 Å². The molecule has 6 rings (SSSR count). The highest BCUT2D eigenvalue weighted by Crippen LogP contribution is 2.47. The number of hydrogen-bond donors (Lipinski definition) is 0. The fourth-order valence-electron chi connectivity index (χ4n) is 7.52. The molecule has 0 radical (unpaired) electrons. The van der Waals surface area contributed by atoms with E-state index in [1.165, 1.54) is 6.42 Å². The summed E-state index contributed by atoms with van der Waals surface area (Å²) in [4.78, 5) is 30.2. The van der Waals surface area contributed by atoms with E-state index in [1.807, 2.05) is 6.07 Å². The molecule has 2 aliphatic carbocycles. The highest BCUT2D eigenvalue weighted by Gasteiger charge is 2.48. The van der Waals surface area contributed by atoms with Crippen molar-refractivity contribution in [3.05, 3.63) is 17.4 Å². The van der Waals surface area contributed by atoms with Gasteiger partial charge >= 0.3 is 0 Å². The molecule has 4 aliphatic rings. The Hall–Kier alpha value is -2.52. The van der Waals surface area contributed by atoms with Crippen LogP contribution in [0.3, 0.4) is 0 Å². The maximum absolute atomic E-state index is 13.2. The Morgan fingerprint density at radius 3 is 2.56 bits per heavy atom. The van der Waals surface area contributed by atoms with Gasteiger partial charge in [-0.15, -0.1) is 0 Å². The molecule has 2 aromatic rings. The second-order valence-electron chi connectivity index (χ2n) is 12.5. The van der Waals surface area contributed by atoms with Crippen molar-refractivity contribution < 1.29 is 14.1 Å². The zero-order valence-corrected chi connectivity index (χ0v) is 24.1. The molecule has 2 aromatic heterocycles. The van der Waals surface area contributed by atoms with Gasteiger partial charge in [-0.25, -0.2) is 4.98 Å². The molecule has 1 spiro atoms. The van der Waals surface area contributed by atoms with E-state index in [4.69, 9.17) is 19.2 Å². The predicted octanol–water partition coefficient (Wildman–Crippen LogP) is 4.24. The third-order valence-corrected chi connectivity index (χ3v) is 9.89. The number of piperidine rings is 1. The van der Waals surface area contributed by atoms with Crippen LogP contribution in [0.1, 0.15) is 82.5 Å². The number of likely N-dealkylation sites (N-methyl/N-ethyl adjacent to an activating group) is 1. The molecule has 0 unspecified atom stereocenters. The Bertz CT molecular complexity index is 1190. The van der Waals surface area contributed by atoms with Crippen LogP contribution in [0.5, 0.6) is 5.88 Å². The van der Waals surface area contributed by atoms with Crippen molar-refractivity contribution >= 4 is 11.6 Å². The van der Waals surface area contributed by atoms with Crippen LogP contribution >= 0.6 is 0 Å². The molecule has 3 fully saturated rings. The SMILES string of the molecule is C[C@H](Oc1cc(N2CCC(N(C)C)CC2)nc(-c2noc3c2CCC[C@@]32CCCCC2=O)n1)[C@@H]1CCCN1C. The third kappa shape index (κ3) is 4.97. The summed E-state index contributed by atoms with van der Waals surface area (Å²) in [5.41, 5.74) is 1.20. The van der Waals surface area contributed by atoms with Gasteiger partial charge in [-0.2, -0.15) is 4.98 Å². The molecule has 2 saturated heterocycles. The lowest BCUT2D eigenvalue weighted by Crippen LogP contribution is -2.42. The van der Waals surface area contributed by atoms with E-state index in [1.54, 1.807) is 0 Å². The van der Waals surface area contributed by atoms with Crippen LogP contribution in [0.2, 0.25) is 0 Å². The minimum absolute atomic E-state index is 0.0157. The summed E-state index contributed by atoms with van der Waals surface area (Å²) in [6.07, 6.45) is 10.7. The second-order valence-corrected chi connectivity index (χ2v) is 12.5. The van der Waals surface area contributed by atoms with Gasteiger partial charge in [0.05, 0.1) is 5.41 Å². The van der Waals surface area contributed by atoms with Crippen LogP contribution in [-0.2, 0) is 16.6 Å². The first kappa shape index (κ1) is 26.7. The first-order valence-electron chi connectivity index (χ1n) is 15.1. The number of likely N-dealkylation sites (tertiary alicyclic amines) is 1. The van der Waals surface area contributed by atoms with Crippen LogP contribution in [-0.4, -0.2) is 89.7 Å². The van der Waals surface area contributed by atoms with Crippen molar-refractivity contribution in [2.24, 2.45) is 0 Å². The lowest BCUT2D eigenvalue weighted by molar-refractivity contribution is -0.128. The molecule has 212 valence electrons. The van der Waals surface area contributed by atoms with Crippen LogP contribution in [0.15, 0.2) is 10.6 Å². The first-order valence-corrected chi connectivity index (χ1v) is 15.1. The highest BCUT2D eigenvalue weighted by atomic mass is 16.5. The normalized spacial score (nSPS) is 27.4. The molecular formula is C30H44N6O3. The van der Waals surface area contributed by atoms with E-state index < -0.39 is 5.41 Å². The molecule has 2 aliphatic heterocycles. The van der Waals surface area contributed by atoms with Crippen molar-refractivity contribution in [2.45, 2.75) is 101 Å². The summed E-state index contributed by atoms with van der Waals surface area (Å²) in [7, 11) is 6.50. The van der Waals surface area contributed by atoms with Crippen LogP contribution in [0.25, 0.3) is 11.5 Å². The number of ketones is 1. The summed E-state index contributed by atoms with van der Waals surface area (Å²) in [6, 6.07) is 2.96. The van der Waals surface area contributed by atoms with Crippen molar-refractivity contribution in [1.82, 2.24) is 24.9 Å². The quantitative estimate of drug-likeness (QED) is 0.538. The number of hydrogen-bond acceptors (Lipinski definition) is 9. The molecule has 0 bridgehead atoms. The second kappa shape index (κ2) is 10.8. The van der Waals surface area contributed by atoms with Gasteiger partial charge in [0.2, 0.25) is 5.88 Å². The Morgan fingerprint density at radius 1 is 1.05 bits per heavy atom. The molecule has 0 N–H and O–H groups in total. The summed E-state index contributed by atoms with van der Waals surface area (Å²) < 4.78 is 12.6. The van der Waals surface area contributed by atoms with Crippen LogP contribution < -0.4 is 9.64 Å². The molecule has 0 amide bonds. The standard InChI is InChI=1S/C30H44N6O3/c1-20(23-10-8-16-35(23)4)38-26-19-25(36-17-12-21(13-18-36)34(2)3)31-29(32-26)27-22-9-7-15-30(28(22)39-33-27)14-6-5-11-24(30)37/h19-21,23H,5-18H2,1-4H3/t20-,23-,30+/m0/s1. The smallest absolute Gasteiger partial charge is 0.219 e. The van der Waals surface area contributed by atoms with Gasteiger partial charge in [-0.3, -0.25) is 9.69 Å². The van der Waals surface area contributed by atoms with Gasteiger partial charge in [0, 0.05) is 43.2 Å². The van der Waals surface area contributed by atoms with Crippen molar-refractivity contribution in [3.8, 4) is 17.4 Å². The zero-order chi connectivity index (χ0) is 27.1. The third-order valence-electron chi connectivity index (χ3n) is 9.89. The molecular weight excluding hydrogens is 492 g/mol. The number of carbonyl (C=O) groups excluding carboxylic acids is 1. The lowest BCUT2D eigenvalue weighted by atomic mass is 9.64. The summed E-state index contributed by atoms with van der Waals surface area (Å²) in [5, 5.41) is 4.54. The molecule has 3 atom stereocenters. The monoisotopic (exact) mass is 536 g/mol. The summed E-state index contributed by atoms with van der Waals surface area (Å²) in [6.45, 7) is 5.13. The number of rotatable bonds is 6. The summed E-state index contributed by atoms with van der Waals surface area (Å²) >= 11 is 0. The Labute approximate surface area is 232 Å². The van der Waals surface area contributed by atoms with Gasteiger partial charge in [0.25, 0.3) is 0 Å². The van der Waals surface area contributed by atoms with Gasteiger partial charge in [-0.05, 0) is 92.4 Å². The maximum atomic E-state index is 13.2. The van der Waals surface area contributed by atoms with E-state index in [0.29, 0.717) is 41.7 Å². The van der Waals surface area contributed by atoms with Gasteiger partial charge in [0.1, 0.15) is 17.7 Å². The number of nitrogens with zero attached hydrogens (tertiary/aromatic N) is 6. The molecule has 39 heavy (non-hydrogen) atoms. The number of carbonyl (C=O) groups is 1. The fraction of sp³-hybridized carbons (Fsp3) is 0.733. The number of fused-ring (bicyclic) bond motifs is 2. The Balaban J connectivity index is 1.35. The number of Topliss-reactive ketones (excluding diaryl/α,β-unsaturated/α-hetero) is 1. The highest BCUT2D eigenvalue weighted by molar-refractivity contribution is 5.91. The zero-order valence-electron chi connectivity index (χ0n) is 24.1. The van der Waals surface area contributed by atoms with E-state index >= 15 is 0 Å². The molecule has 1 saturated carbocycles. The van der Waals surface area contributed by atoms with Crippen molar-refractivity contribution in [3.63, 3.8) is 0 Å². The number of ether oxygens (including phenoxy) is 1. The van der Waals surface area contributed by atoms with Crippen LogP contribution in [0.4, 0.5) is 5.82 Å². The molecule has 0 aromatic carbocycles. The first-order chi connectivity index (χ1) is 18.9. The molecule has 9 nitrogen and oxygen atoms in total. The van der Waals surface area contributed by atoms with Crippen molar-refractivity contribution in [1.29, 1.82) is 0 Å². The van der Waals surface area contributed by atoms with Gasteiger partial charge < -0.3 is 19.1 Å². The lowest BCUT2D eigenvalue weighted by Gasteiger charge is -2.37. The Morgan fingerprint density at radius 2 is 1.85 bits per heavy atom. The maximum Gasteiger partial charge on any atom is 0.219 e. The number of aromatic nitrogens is 3. The largest absolute Gasteiger partial charge is 0.473 e.